The molecule has 0 aromatic heterocycles. The summed E-state index contributed by atoms with van der Waals surface area (Å²) in [5.74, 6) is 0.362. The zero-order valence-electron chi connectivity index (χ0n) is 16.4. The molecule has 1 spiro atoms. The largest absolute Gasteiger partial charge is 0.371 e. The summed E-state index contributed by atoms with van der Waals surface area (Å²) in [4.78, 5) is 2.29. The lowest BCUT2D eigenvalue weighted by atomic mass is 9.79. The van der Waals surface area contributed by atoms with E-state index in [0.717, 1.165) is 56.8 Å². The highest BCUT2D eigenvalue weighted by atomic mass is 32.2. The van der Waals surface area contributed by atoms with Crippen LogP contribution in [0.1, 0.15) is 38.5 Å². The molecular formula is C21H28N3O3S+. The molecule has 1 aromatic rings. The van der Waals surface area contributed by atoms with Gasteiger partial charge in [0, 0.05) is 37.7 Å². The Morgan fingerprint density at radius 2 is 1.89 bits per heavy atom. The van der Waals surface area contributed by atoms with Gasteiger partial charge in [0.15, 0.2) is 11.9 Å². The van der Waals surface area contributed by atoms with Crippen LogP contribution in [0, 0.1) is 5.92 Å². The van der Waals surface area contributed by atoms with Gasteiger partial charge in [-0.05, 0) is 36.1 Å². The Labute approximate surface area is 167 Å². The monoisotopic (exact) mass is 402 g/mol. The van der Waals surface area contributed by atoms with Crippen molar-refractivity contribution >= 4 is 21.4 Å². The molecule has 7 heteroatoms. The number of hydrogen-bond donors (Lipinski definition) is 0. The van der Waals surface area contributed by atoms with E-state index in [2.05, 4.69) is 4.90 Å². The second kappa shape index (κ2) is 6.40. The highest BCUT2D eigenvalue weighted by molar-refractivity contribution is 7.90. The van der Waals surface area contributed by atoms with Crippen molar-refractivity contribution in [2.45, 2.75) is 44.1 Å². The zero-order chi connectivity index (χ0) is 19.4. The molecule has 3 heterocycles. The molecule has 1 atom stereocenters. The molecule has 3 fully saturated rings. The number of benzene rings is 1. The quantitative estimate of drug-likeness (QED) is 0.726. The molecule has 0 bridgehead atoms. The van der Waals surface area contributed by atoms with Crippen molar-refractivity contribution in [2.24, 2.45) is 11.0 Å². The third-order valence-electron chi connectivity index (χ3n) is 6.67. The number of allylic oxidation sites excluding steroid dienone is 1. The maximum Gasteiger partial charge on any atom is 0.328 e. The normalized spacial score (nSPS) is 29.8. The summed E-state index contributed by atoms with van der Waals surface area (Å²) in [6.45, 7) is 2.51. The minimum atomic E-state index is -3.54. The van der Waals surface area contributed by atoms with Gasteiger partial charge in [0.25, 0.3) is 0 Å². The fourth-order valence-corrected chi connectivity index (χ4v) is 5.83. The van der Waals surface area contributed by atoms with Gasteiger partial charge in [-0.2, -0.15) is 8.42 Å². The maximum atomic E-state index is 13.0. The van der Waals surface area contributed by atoms with Gasteiger partial charge in [0.2, 0.25) is 0 Å². The standard InChI is InChI=1S/C21H28N3O3S/c1-28(25,26)24(18-10-3-2-4-11-18)14-19(20(22-24)17-8-7-9-17)23-15-21(16-23)12-5-6-13-27-21/h2-4,10-11,14,17H,5-9,12-13,15-16H2,1H3/q+1. The van der Waals surface area contributed by atoms with E-state index in [4.69, 9.17) is 9.84 Å². The predicted octanol–water partition coefficient (Wildman–Crippen LogP) is 3.22. The van der Waals surface area contributed by atoms with Gasteiger partial charge in [-0.15, -0.1) is 0 Å². The number of rotatable bonds is 4. The minimum absolute atomic E-state index is 0.0418. The second-order valence-electron chi connectivity index (χ2n) is 8.66. The van der Waals surface area contributed by atoms with Gasteiger partial charge < -0.3 is 9.64 Å². The lowest BCUT2D eigenvalue weighted by molar-refractivity contribution is -0.154. The van der Waals surface area contributed by atoms with E-state index < -0.39 is 14.0 Å². The molecule has 28 heavy (non-hydrogen) atoms. The van der Waals surface area contributed by atoms with Crippen molar-refractivity contribution in [1.82, 2.24) is 8.90 Å². The fraction of sp³-hybridized carbons (Fsp3) is 0.571. The Morgan fingerprint density at radius 3 is 2.46 bits per heavy atom. The van der Waals surface area contributed by atoms with Crippen LogP contribution in [0.3, 0.4) is 0 Å². The molecule has 0 radical (unpaired) electrons. The number of quaternary nitrogens is 1. The van der Waals surface area contributed by atoms with Gasteiger partial charge in [-0.1, -0.05) is 29.7 Å². The van der Waals surface area contributed by atoms with Crippen LogP contribution in [0.2, 0.25) is 0 Å². The number of hydrogen-bond acceptors (Lipinski definition) is 5. The molecule has 1 unspecified atom stereocenters. The van der Waals surface area contributed by atoms with Gasteiger partial charge in [-0.25, -0.2) is 0 Å². The lowest BCUT2D eigenvalue weighted by Gasteiger charge is -2.53. The van der Waals surface area contributed by atoms with Crippen LogP contribution in [0.5, 0.6) is 0 Å². The number of nitrogens with zero attached hydrogens (tertiary/aromatic N) is 3. The summed E-state index contributed by atoms with van der Waals surface area (Å²) in [6.07, 6.45) is 9.95. The van der Waals surface area contributed by atoms with Crippen molar-refractivity contribution in [2.75, 3.05) is 26.0 Å². The van der Waals surface area contributed by atoms with Crippen LogP contribution in [0.4, 0.5) is 5.69 Å². The summed E-state index contributed by atoms with van der Waals surface area (Å²) in [6, 6.07) is 9.35. The first kappa shape index (κ1) is 18.3. The zero-order valence-corrected chi connectivity index (χ0v) is 17.2. The highest BCUT2D eigenvalue weighted by Gasteiger charge is 2.54. The molecule has 150 valence electrons. The number of ether oxygens (including phenoxy) is 1. The molecule has 3 aliphatic heterocycles. The molecule has 1 aliphatic carbocycles. The Kier molecular flexibility index (Phi) is 4.19. The van der Waals surface area contributed by atoms with Crippen LogP contribution in [0.15, 0.2) is 47.3 Å². The van der Waals surface area contributed by atoms with Crippen LogP contribution >= 0.6 is 0 Å². The van der Waals surface area contributed by atoms with Crippen molar-refractivity contribution in [3.05, 3.63) is 42.2 Å². The first-order chi connectivity index (χ1) is 13.4. The predicted molar refractivity (Wildman–Crippen MR) is 110 cm³/mol. The van der Waals surface area contributed by atoms with Crippen LogP contribution in [-0.2, 0) is 14.8 Å². The van der Waals surface area contributed by atoms with Crippen molar-refractivity contribution < 1.29 is 13.2 Å². The Balaban J connectivity index is 1.55. The SMILES string of the molecule is CS(=O)(=O)[N+]1(c2ccccc2)C=C(N2CC3(CCCCO3)C2)C(C2CCC2)=N1. The topological polar surface area (TPSA) is 59.0 Å². The molecule has 0 N–H and O–H groups in total. The van der Waals surface area contributed by atoms with Crippen LogP contribution in [-0.4, -0.2) is 50.6 Å². The van der Waals surface area contributed by atoms with E-state index in [1.54, 1.807) is 0 Å². The smallest absolute Gasteiger partial charge is 0.328 e. The molecule has 4 aliphatic rings. The van der Waals surface area contributed by atoms with Crippen molar-refractivity contribution in [3.8, 4) is 0 Å². The maximum absolute atomic E-state index is 13.0. The Morgan fingerprint density at radius 1 is 1.14 bits per heavy atom. The van der Waals surface area contributed by atoms with E-state index >= 15 is 0 Å². The molecule has 0 amide bonds. The van der Waals surface area contributed by atoms with Crippen molar-refractivity contribution in [1.29, 1.82) is 0 Å². The van der Waals surface area contributed by atoms with Gasteiger partial charge in [0.05, 0.1) is 6.26 Å². The summed E-state index contributed by atoms with van der Waals surface area (Å²) in [7, 11) is -3.54. The summed E-state index contributed by atoms with van der Waals surface area (Å²) in [5.41, 5.74) is 2.59. The third kappa shape index (κ3) is 2.75. The van der Waals surface area contributed by atoms with Gasteiger partial charge >= 0.3 is 10.0 Å². The first-order valence-electron chi connectivity index (χ1n) is 10.3. The summed E-state index contributed by atoms with van der Waals surface area (Å²) < 4.78 is 31.6. The highest BCUT2D eigenvalue weighted by Crippen LogP contribution is 2.44. The average molecular weight is 403 g/mol. The van der Waals surface area contributed by atoms with E-state index in [-0.39, 0.29) is 5.60 Å². The van der Waals surface area contributed by atoms with Gasteiger partial charge in [-0.3, -0.25) is 0 Å². The molecule has 1 saturated carbocycles. The summed E-state index contributed by atoms with van der Waals surface area (Å²) in [5, 5.41) is 4.89. The van der Waals surface area contributed by atoms with E-state index in [9.17, 15) is 8.42 Å². The van der Waals surface area contributed by atoms with Gasteiger partial charge in [0.1, 0.15) is 17.0 Å². The summed E-state index contributed by atoms with van der Waals surface area (Å²) >= 11 is 0. The molecule has 5 rings (SSSR count). The average Bonchev–Trinajstić information content (AvgIpc) is 3.01. The van der Waals surface area contributed by atoms with E-state index in [0.29, 0.717) is 11.6 Å². The minimum Gasteiger partial charge on any atom is -0.371 e. The van der Waals surface area contributed by atoms with E-state index in [1.807, 2.05) is 36.5 Å². The molecule has 2 saturated heterocycles. The first-order valence-corrected chi connectivity index (χ1v) is 12.1. The molecule has 1 aromatic carbocycles. The van der Waals surface area contributed by atoms with Crippen LogP contribution < -0.4 is 4.00 Å². The fourth-order valence-electron chi connectivity index (χ4n) is 4.80. The van der Waals surface area contributed by atoms with Crippen molar-refractivity contribution in [3.63, 3.8) is 0 Å². The van der Waals surface area contributed by atoms with E-state index in [1.165, 1.54) is 19.1 Å². The second-order valence-corrected chi connectivity index (χ2v) is 10.7. The van der Waals surface area contributed by atoms with Crippen LogP contribution in [0.25, 0.3) is 0 Å². The molecular weight excluding hydrogens is 374 g/mol. The number of sulfonamides is 1. The lowest BCUT2D eigenvalue weighted by Crippen LogP contribution is -2.64. The Bertz CT molecular complexity index is 923. The number of para-hydroxylation sites is 1. The molecule has 6 nitrogen and oxygen atoms in total. The Hall–Kier alpha value is -1.70. The number of likely N-dealkylation sites (tertiary alicyclic amines) is 1. The third-order valence-corrected chi connectivity index (χ3v) is 8.08.